The van der Waals surface area contributed by atoms with Crippen LogP contribution in [0.3, 0.4) is 0 Å². The molecule has 2 N–H and O–H groups in total. The monoisotopic (exact) mass is 482 g/mol. The lowest BCUT2D eigenvalue weighted by Gasteiger charge is -2.41. The van der Waals surface area contributed by atoms with Gasteiger partial charge in [0, 0.05) is 22.2 Å². The molecule has 1 heterocycles. The van der Waals surface area contributed by atoms with Crippen molar-refractivity contribution in [1.29, 1.82) is 0 Å². The largest absolute Gasteiger partial charge is 0.380 e. The molecule has 0 aliphatic rings. The van der Waals surface area contributed by atoms with Gasteiger partial charge in [-0.15, -0.1) is 0 Å². The number of carbonyl (C=O) groups is 1. The van der Waals surface area contributed by atoms with Gasteiger partial charge in [-0.2, -0.15) is 5.10 Å². The molecule has 0 saturated heterocycles. The zero-order chi connectivity index (χ0) is 24.3. The van der Waals surface area contributed by atoms with E-state index in [1.54, 1.807) is 61.5 Å². The van der Waals surface area contributed by atoms with Crippen LogP contribution in [-0.4, -0.2) is 31.8 Å². The second-order valence-corrected chi connectivity index (χ2v) is 8.28. The van der Waals surface area contributed by atoms with E-state index in [0.717, 1.165) is 12.1 Å². The molecular formula is C25H21ClF2N4O2. The van der Waals surface area contributed by atoms with Crippen LogP contribution in [0.1, 0.15) is 34.5 Å². The van der Waals surface area contributed by atoms with E-state index in [1.165, 1.54) is 17.3 Å². The predicted octanol–water partition coefficient (Wildman–Crippen LogP) is 4.51. The van der Waals surface area contributed by atoms with Gasteiger partial charge in [-0.3, -0.25) is 4.79 Å². The lowest BCUT2D eigenvalue weighted by Crippen LogP contribution is -2.54. The van der Waals surface area contributed by atoms with Crippen LogP contribution in [0.15, 0.2) is 85.5 Å². The SMILES string of the molecule is C[C@@H](NC(=O)c1ccccc1)[C@](O)(c1ccc(F)cc1F)C(c1ccc(Cl)cc1)n1cncn1. The number of hydrogen-bond acceptors (Lipinski definition) is 4. The van der Waals surface area contributed by atoms with Crippen molar-refractivity contribution in [2.75, 3.05) is 0 Å². The van der Waals surface area contributed by atoms with Gasteiger partial charge in [0.1, 0.15) is 35.9 Å². The van der Waals surface area contributed by atoms with E-state index in [4.69, 9.17) is 11.6 Å². The van der Waals surface area contributed by atoms with Crippen LogP contribution in [0.2, 0.25) is 5.02 Å². The smallest absolute Gasteiger partial charge is 0.251 e. The molecule has 4 aromatic rings. The van der Waals surface area contributed by atoms with E-state index in [9.17, 15) is 14.3 Å². The molecule has 3 atom stereocenters. The fourth-order valence-electron chi connectivity index (χ4n) is 4.02. The summed E-state index contributed by atoms with van der Waals surface area (Å²) in [6, 6.07) is 15.8. The molecule has 1 unspecified atom stereocenters. The van der Waals surface area contributed by atoms with Gasteiger partial charge in [0.2, 0.25) is 0 Å². The second kappa shape index (κ2) is 9.70. The molecule has 34 heavy (non-hydrogen) atoms. The zero-order valence-electron chi connectivity index (χ0n) is 18.1. The second-order valence-electron chi connectivity index (χ2n) is 7.84. The van der Waals surface area contributed by atoms with Crippen molar-refractivity contribution in [3.63, 3.8) is 0 Å². The Morgan fingerprint density at radius 2 is 1.79 bits per heavy atom. The summed E-state index contributed by atoms with van der Waals surface area (Å²) in [7, 11) is 0. The number of nitrogens with zero attached hydrogens (tertiary/aromatic N) is 3. The zero-order valence-corrected chi connectivity index (χ0v) is 18.8. The average molecular weight is 483 g/mol. The Balaban J connectivity index is 1.88. The Labute approximate surface area is 199 Å². The number of halogens is 3. The van der Waals surface area contributed by atoms with Crippen LogP contribution >= 0.6 is 11.6 Å². The molecule has 1 aromatic heterocycles. The fourth-order valence-corrected chi connectivity index (χ4v) is 4.14. The van der Waals surface area contributed by atoms with Crippen LogP contribution in [0.25, 0.3) is 0 Å². The Bertz CT molecular complexity index is 1270. The highest BCUT2D eigenvalue weighted by Crippen LogP contribution is 2.42. The summed E-state index contributed by atoms with van der Waals surface area (Å²) in [5.74, 6) is -2.24. The number of aliphatic hydroxyl groups is 1. The molecule has 0 aliphatic carbocycles. The molecule has 0 radical (unpaired) electrons. The molecule has 9 heteroatoms. The summed E-state index contributed by atoms with van der Waals surface area (Å²) in [6.07, 6.45) is 2.65. The third kappa shape index (κ3) is 4.55. The van der Waals surface area contributed by atoms with Gasteiger partial charge in [-0.1, -0.05) is 48.0 Å². The minimum Gasteiger partial charge on any atom is -0.380 e. The van der Waals surface area contributed by atoms with Gasteiger partial charge < -0.3 is 10.4 Å². The number of carbonyl (C=O) groups excluding carboxylic acids is 1. The van der Waals surface area contributed by atoms with Crippen molar-refractivity contribution in [2.24, 2.45) is 0 Å². The first-order valence-electron chi connectivity index (χ1n) is 10.4. The first-order chi connectivity index (χ1) is 16.3. The molecule has 0 bridgehead atoms. The van der Waals surface area contributed by atoms with E-state index in [-0.39, 0.29) is 5.56 Å². The van der Waals surface area contributed by atoms with Gasteiger partial charge in [-0.05, 0) is 42.8 Å². The van der Waals surface area contributed by atoms with Crippen molar-refractivity contribution in [2.45, 2.75) is 24.6 Å². The number of rotatable bonds is 7. The normalized spacial score (nSPS) is 14.7. The highest BCUT2D eigenvalue weighted by Gasteiger charge is 2.48. The van der Waals surface area contributed by atoms with Crippen molar-refractivity contribution in [3.05, 3.63) is 119 Å². The summed E-state index contributed by atoms with van der Waals surface area (Å²) in [6.45, 7) is 1.55. The van der Waals surface area contributed by atoms with Crippen molar-refractivity contribution < 1.29 is 18.7 Å². The van der Waals surface area contributed by atoms with Crippen molar-refractivity contribution in [3.8, 4) is 0 Å². The maximum atomic E-state index is 15.2. The van der Waals surface area contributed by atoms with E-state index in [2.05, 4.69) is 15.4 Å². The van der Waals surface area contributed by atoms with Crippen LogP contribution in [0.5, 0.6) is 0 Å². The number of hydrogen-bond donors (Lipinski definition) is 2. The molecule has 3 aromatic carbocycles. The Morgan fingerprint density at radius 3 is 2.41 bits per heavy atom. The summed E-state index contributed by atoms with van der Waals surface area (Å²) in [4.78, 5) is 16.9. The van der Waals surface area contributed by atoms with E-state index in [0.29, 0.717) is 22.2 Å². The van der Waals surface area contributed by atoms with E-state index in [1.807, 2.05) is 0 Å². The molecule has 0 fully saturated rings. The molecule has 0 spiro atoms. The standard InChI is InChI=1S/C25H21ClF2N4O2/c1-16(31-24(33)18-5-3-2-4-6-18)25(34,21-12-11-20(27)13-22(21)28)23(32-15-29-14-30-32)17-7-9-19(26)10-8-17/h2-16,23,34H,1H3,(H,31,33)/t16-,23?,25+/m1/s1. The first-order valence-corrected chi connectivity index (χ1v) is 10.8. The maximum absolute atomic E-state index is 15.2. The first kappa shape index (κ1) is 23.5. The Hall–Kier alpha value is -3.62. The fraction of sp³-hybridized carbons (Fsp3) is 0.160. The van der Waals surface area contributed by atoms with Crippen LogP contribution < -0.4 is 5.32 Å². The number of aromatic nitrogens is 3. The summed E-state index contributed by atoms with van der Waals surface area (Å²) < 4.78 is 30.3. The third-order valence-corrected chi connectivity index (χ3v) is 5.96. The van der Waals surface area contributed by atoms with Gasteiger partial charge in [-0.25, -0.2) is 18.4 Å². The van der Waals surface area contributed by atoms with E-state index >= 15 is 4.39 Å². The lowest BCUT2D eigenvalue weighted by molar-refractivity contribution is -0.0381. The number of benzene rings is 3. The molecule has 0 aliphatic heterocycles. The van der Waals surface area contributed by atoms with Gasteiger partial charge >= 0.3 is 0 Å². The highest BCUT2D eigenvalue weighted by atomic mass is 35.5. The van der Waals surface area contributed by atoms with E-state index < -0.39 is 35.2 Å². The van der Waals surface area contributed by atoms with Crippen LogP contribution in [-0.2, 0) is 5.60 Å². The summed E-state index contributed by atoms with van der Waals surface area (Å²) in [5, 5.41) is 19.7. The molecule has 0 saturated carbocycles. The van der Waals surface area contributed by atoms with Crippen LogP contribution in [0, 0.1) is 11.6 Å². The Kier molecular flexibility index (Phi) is 6.72. The van der Waals surface area contributed by atoms with Gasteiger partial charge in [0.25, 0.3) is 5.91 Å². The Morgan fingerprint density at radius 1 is 1.09 bits per heavy atom. The minimum atomic E-state index is -2.12. The van der Waals surface area contributed by atoms with Gasteiger partial charge in [0.05, 0.1) is 6.04 Å². The van der Waals surface area contributed by atoms with Crippen molar-refractivity contribution >= 4 is 17.5 Å². The van der Waals surface area contributed by atoms with Crippen LogP contribution in [0.4, 0.5) is 8.78 Å². The lowest BCUT2D eigenvalue weighted by atomic mass is 9.77. The average Bonchev–Trinajstić information content (AvgIpc) is 3.35. The highest BCUT2D eigenvalue weighted by molar-refractivity contribution is 6.30. The molecule has 1 amide bonds. The molecule has 6 nitrogen and oxygen atoms in total. The topological polar surface area (TPSA) is 80.0 Å². The van der Waals surface area contributed by atoms with Gasteiger partial charge in [0.15, 0.2) is 0 Å². The summed E-state index contributed by atoms with van der Waals surface area (Å²) in [5.41, 5.74) is -1.46. The quantitative estimate of drug-likeness (QED) is 0.406. The minimum absolute atomic E-state index is 0.217. The van der Waals surface area contributed by atoms with Crippen molar-refractivity contribution in [1.82, 2.24) is 20.1 Å². The molecule has 4 rings (SSSR count). The molecular weight excluding hydrogens is 462 g/mol. The predicted molar refractivity (Wildman–Crippen MR) is 123 cm³/mol. The summed E-state index contributed by atoms with van der Waals surface area (Å²) >= 11 is 6.06. The number of nitrogens with one attached hydrogen (secondary N) is 1. The maximum Gasteiger partial charge on any atom is 0.251 e. The molecule has 174 valence electrons. The third-order valence-electron chi connectivity index (χ3n) is 5.71. The number of amides is 1.